The van der Waals surface area contributed by atoms with Gasteiger partial charge in [-0.25, -0.2) is 8.42 Å². The lowest BCUT2D eigenvalue weighted by molar-refractivity contribution is 0.0785. The number of aryl methyl sites for hydroxylation is 2. The molecule has 7 heteroatoms. The average Bonchev–Trinajstić information content (AvgIpc) is 2.75. The van der Waals surface area contributed by atoms with Gasteiger partial charge < -0.3 is 9.64 Å². The first-order chi connectivity index (χ1) is 14.7. The Morgan fingerprint density at radius 3 is 2.35 bits per heavy atom. The average molecular weight is 439 g/mol. The molecule has 3 rings (SSSR count). The molecule has 0 saturated heterocycles. The van der Waals surface area contributed by atoms with E-state index in [4.69, 9.17) is 4.74 Å². The zero-order chi connectivity index (χ0) is 22.6. The number of sulfonamides is 1. The third kappa shape index (κ3) is 5.44. The van der Waals surface area contributed by atoms with Gasteiger partial charge in [-0.3, -0.25) is 9.52 Å². The van der Waals surface area contributed by atoms with Gasteiger partial charge in [0.05, 0.1) is 17.7 Å². The minimum Gasteiger partial charge on any atom is -0.497 e. The molecule has 6 nitrogen and oxygen atoms in total. The number of hydrogen-bond acceptors (Lipinski definition) is 4. The lowest BCUT2D eigenvalue weighted by Gasteiger charge is -2.19. The molecular weight excluding hydrogens is 412 g/mol. The van der Waals surface area contributed by atoms with Crippen LogP contribution < -0.4 is 9.46 Å². The molecule has 0 radical (unpaired) electrons. The highest BCUT2D eigenvalue weighted by molar-refractivity contribution is 7.92. The summed E-state index contributed by atoms with van der Waals surface area (Å²) in [6.07, 6.45) is 0. The number of ether oxygens (including phenoxy) is 1. The maximum atomic E-state index is 12.9. The van der Waals surface area contributed by atoms with Crippen LogP contribution in [0, 0.1) is 13.8 Å². The number of amides is 1. The first-order valence-electron chi connectivity index (χ1n) is 9.78. The summed E-state index contributed by atoms with van der Waals surface area (Å²) in [5.74, 6) is 0.582. The molecule has 0 bridgehead atoms. The summed E-state index contributed by atoms with van der Waals surface area (Å²) < 4.78 is 33.1. The van der Waals surface area contributed by atoms with Crippen LogP contribution in [0.3, 0.4) is 0 Å². The van der Waals surface area contributed by atoms with Crippen LogP contribution in [0.4, 0.5) is 5.69 Å². The highest BCUT2D eigenvalue weighted by Gasteiger charge is 2.17. The molecule has 1 amide bonds. The van der Waals surface area contributed by atoms with Gasteiger partial charge in [0.2, 0.25) is 0 Å². The van der Waals surface area contributed by atoms with Crippen molar-refractivity contribution >= 4 is 21.6 Å². The summed E-state index contributed by atoms with van der Waals surface area (Å²) in [5, 5.41) is 0. The molecule has 0 spiro atoms. The smallest absolute Gasteiger partial charge is 0.261 e. The molecule has 0 fully saturated rings. The van der Waals surface area contributed by atoms with Gasteiger partial charge in [0.25, 0.3) is 15.9 Å². The van der Waals surface area contributed by atoms with Gasteiger partial charge in [-0.05, 0) is 67.4 Å². The van der Waals surface area contributed by atoms with Crippen LogP contribution in [-0.4, -0.2) is 33.4 Å². The van der Waals surface area contributed by atoms with Crippen molar-refractivity contribution in [2.24, 2.45) is 0 Å². The number of benzene rings is 3. The Morgan fingerprint density at radius 2 is 1.71 bits per heavy atom. The molecule has 0 aromatic heterocycles. The van der Waals surface area contributed by atoms with Crippen LogP contribution in [0.2, 0.25) is 0 Å². The number of nitrogens with zero attached hydrogens (tertiary/aromatic N) is 1. The lowest BCUT2D eigenvalue weighted by Crippen LogP contribution is -2.26. The molecule has 0 saturated carbocycles. The number of nitrogens with one attached hydrogen (secondary N) is 1. The zero-order valence-electron chi connectivity index (χ0n) is 18.0. The second kappa shape index (κ2) is 9.22. The molecular formula is C24H26N2O4S. The maximum Gasteiger partial charge on any atom is 0.261 e. The summed E-state index contributed by atoms with van der Waals surface area (Å²) in [5.41, 5.74) is 3.52. The van der Waals surface area contributed by atoms with Crippen molar-refractivity contribution < 1.29 is 17.9 Å². The third-order valence-electron chi connectivity index (χ3n) is 4.95. The van der Waals surface area contributed by atoms with Gasteiger partial charge in [0.15, 0.2) is 0 Å². The standard InChI is InChI=1S/C24H26N2O4S/c1-17-8-11-22(12-9-17)31(28,29)25-23-13-10-20(14-18(23)2)24(27)26(3)16-19-6-5-7-21(15-19)30-4/h5-15,25H,16H2,1-4H3. The largest absolute Gasteiger partial charge is 0.497 e. The quantitative estimate of drug-likeness (QED) is 0.594. The molecule has 0 aliphatic carbocycles. The van der Waals surface area contributed by atoms with Gasteiger partial charge in [-0.15, -0.1) is 0 Å². The van der Waals surface area contributed by atoms with Crippen molar-refractivity contribution in [1.29, 1.82) is 0 Å². The van der Waals surface area contributed by atoms with Crippen LogP contribution in [0.5, 0.6) is 5.75 Å². The second-order valence-electron chi connectivity index (χ2n) is 7.46. The van der Waals surface area contributed by atoms with E-state index in [1.807, 2.05) is 31.2 Å². The highest BCUT2D eigenvalue weighted by Crippen LogP contribution is 2.22. The van der Waals surface area contributed by atoms with Gasteiger partial charge in [-0.1, -0.05) is 29.8 Å². The highest BCUT2D eigenvalue weighted by atomic mass is 32.2. The summed E-state index contributed by atoms with van der Waals surface area (Å²) in [7, 11) is -0.377. The van der Waals surface area contributed by atoms with Gasteiger partial charge >= 0.3 is 0 Å². The topological polar surface area (TPSA) is 75.7 Å². The zero-order valence-corrected chi connectivity index (χ0v) is 18.9. The Kier molecular flexibility index (Phi) is 6.65. The van der Waals surface area contributed by atoms with E-state index in [1.54, 1.807) is 68.4 Å². The van der Waals surface area contributed by atoms with Crippen LogP contribution in [0.25, 0.3) is 0 Å². The van der Waals surface area contributed by atoms with Gasteiger partial charge in [0.1, 0.15) is 5.75 Å². The van der Waals surface area contributed by atoms with E-state index < -0.39 is 10.0 Å². The van der Waals surface area contributed by atoms with Crippen LogP contribution in [-0.2, 0) is 16.6 Å². The van der Waals surface area contributed by atoms with Crippen molar-refractivity contribution in [3.63, 3.8) is 0 Å². The fourth-order valence-corrected chi connectivity index (χ4v) is 4.30. The van der Waals surface area contributed by atoms with Crippen LogP contribution >= 0.6 is 0 Å². The Labute approximate surface area is 183 Å². The predicted octanol–water partition coefficient (Wildman–Crippen LogP) is 4.39. The number of carbonyl (C=O) groups excluding carboxylic acids is 1. The molecule has 0 unspecified atom stereocenters. The Balaban J connectivity index is 1.74. The monoisotopic (exact) mass is 438 g/mol. The maximum absolute atomic E-state index is 12.9. The number of hydrogen-bond donors (Lipinski definition) is 1. The van der Waals surface area contributed by atoms with E-state index in [0.717, 1.165) is 16.9 Å². The molecule has 162 valence electrons. The normalized spacial score (nSPS) is 11.1. The summed E-state index contributed by atoms with van der Waals surface area (Å²) in [6, 6.07) is 19.1. The van der Waals surface area contributed by atoms with Gasteiger partial charge in [0, 0.05) is 19.2 Å². The van der Waals surface area contributed by atoms with Crippen molar-refractivity contribution in [2.45, 2.75) is 25.3 Å². The summed E-state index contributed by atoms with van der Waals surface area (Å²) in [6.45, 7) is 4.09. The van der Waals surface area contributed by atoms with Crippen molar-refractivity contribution in [3.8, 4) is 5.75 Å². The molecule has 3 aromatic carbocycles. The summed E-state index contributed by atoms with van der Waals surface area (Å²) >= 11 is 0. The summed E-state index contributed by atoms with van der Waals surface area (Å²) in [4.78, 5) is 14.7. The lowest BCUT2D eigenvalue weighted by atomic mass is 10.1. The number of rotatable bonds is 7. The van der Waals surface area contributed by atoms with E-state index in [0.29, 0.717) is 23.4 Å². The van der Waals surface area contributed by atoms with E-state index in [-0.39, 0.29) is 10.8 Å². The second-order valence-corrected chi connectivity index (χ2v) is 9.14. The molecule has 3 aromatic rings. The predicted molar refractivity (Wildman–Crippen MR) is 122 cm³/mol. The third-order valence-corrected chi connectivity index (χ3v) is 6.33. The minimum atomic E-state index is -3.71. The van der Waals surface area contributed by atoms with E-state index in [2.05, 4.69) is 4.72 Å². The SMILES string of the molecule is COc1cccc(CN(C)C(=O)c2ccc(NS(=O)(=O)c3ccc(C)cc3)c(C)c2)c1. The Morgan fingerprint density at radius 1 is 1.00 bits per heavy atom. The molecule has 0 atom stereocenters. The fourth-order valence-electron chi connectivity index (χ4n) is 3.17. The van der Waals surface area contributed by atoms with E-state index in [9.17, 15) is 13.2 Å². The van der Waals surface area contributed by atoms with Gasteiger partial charge in [-0.2, -0.15) is 0 Å². The van der Waals surface area contributed by atoms with Crippen molar-refractivity contribution in [2.75, 3.05) is 18.9 Å². The molecule has 0 aliphatic heterocycles. The minimum absolute atomic E-state index is 0.154. The number of anilines is 1. The van der Waals surface area contributed by atoms with Crippen molar-refractivity contribution in [1.82, 2.24) is 4.90 Å². The van der Waals surface area contributed by atoms with E-state index in [1.165, 1.54) is 0 Å². The Bertz CT molecular complexity index is 1190. The molecule has 0 aliphatic rings. The van der Waals surface area contributed by atoms with Crippen LogP contribution in [0.15, 0.2) is 71.6 Å². The molecule has 1 N–H and O–H groups in total. The van der Waals surface area contributed by atoms with Crippen molar-refractivity contribution in [3.05, 3.63) is 89.0 Å². The Hall–Kier alpha value is -3.32. The van der Waals surface area contributed by atoms with Crippen LogP contribution in [0.1, 0.15) is 27.0 Å². The molecule has 31 heavy (non-hydrogen) atoms. The number of methoxy groups -OCH3 is 1. The van der Waals surface area contributed by atoms with E-state index >= 15 is 0 Å². The number of carbonyl (C=O) groups is 1. The molecule has 0 heterocycles. The first kappa shape index (κ1) is 22.4. The first-order valence-corrected chi connectivity index (χ1v) is 11.3. The fraction of sp³-hybridized carbons (Fsp3) is 0.208.